The molecule has 1 atom stereocenters. The van der Waals surface area contributed by atoms with Gasteiger partial charge in [0.15, 0.2) is 0 Å². The first-order valence-electron chi connectivity index (χ1n) is 5.60. The topological polar surface area (TPSA) is 27.6 Å². The number of rotatable bonds is 8. The molecule has 0 fully saturated rings. The zero-order chi connectivity index (χ0) is 9.23. The van der Waals surface area contributed by atoms with E-state index in [0.29, 0.717) is 6.04 Å². The second-order valence-corrected chi connectivity index (χ2v) is 4.02. The van der Waals surface area contributed by atoms with Crippen LogP contribution in [0.5, 0.6) is 0 Å². The van der Waals surface area contributed by atoms with Crippen LogP contribution in [0.4, 0.5) is 0 Å². The minimum absolute atomic E-state index is 0. The molecule has 0 aliphatic rings. The Bertz CT molecular complexity index is 84.2. The van der Waals surface area contributed by atoms with Gasteiger partial charge < -0.3 is 18.1 Å². The van der Waals surface area contributed by atoms with Gasteiger partial charge in [0.2, 0.25) is 0 Å². The third-order valence-corrected chi connectivity index (χ3v) is 2.30. The van der Waals surface area contributed by atoms with E-state index in [9.17, 15) is 0 Å². The average molecular weight is 208 g/mol. The normalized spacial score (nSPS) is 12.2. The number of unbranched alkanes of at least 4 members (excludes halogenated alkanes) is 6. The molecule has 0 aromatic heterocycles. The average Bonchev–Trinajstić information content (AvgIpc) is 2.02. The van der Waals surface area contributed by atoms with Crippen molar-refractivity contribution in [2.75, 3.05) is 0 Å². The summed E-state index contributed by atoms with van der Waals surface area (Å²) in [7, 11) is 0. The van der Waals surface area contributed by atoms with Gasteiger partial charge in [0.1, 0.15) is 0 Å². The molecule has 1 nitrogen and oxygen atoms in total. The fraction of sp³-hybridized carbons (Fsp3) is 1.00. The van der Waals surface area contributed by atoms with Crippen molar-refractivity contribution in [3.8, 4) is 0 Å². The van der Waals surface area contributed by atoms with Crippen molar-refractivity contribution in [3.63, 3.8) is 0 Å². The van der Waals surface area contributed by atoms with E-state index in [-0.39, 0.29) is 12.4 Å². The Morgan fingerprint density at radius 1 is 0.923 bits per heavy atom. The predicted octanol–water partition coefficient (Wildman–Crippen LogP) is -0.238. The minimum atomic E-state index is 0. The molecule has 13 heavy (non-hydrogen) atoms. The lowest BCUT2D eigenvalue weighted by Crippen LogP contribution is -3.00. The van der Waals surface area contributed by atoms with Crippen molar-refractivity contribution in [2.45, 2.75) is 71.3 Å². The van der Waals surface area contributed by atoms with Gasteiger partial charge in [0, 0.05) is 0 Å². The van der Waals surface area contributed by atoms with Crippen molar-refractivity contribution in [2.24, 2.45) is 0 Å². The summed E-state index contributed by atoms with van der Waals surface area (Å²) in [5.41, 5.74) is 3.99. The van der Waals surface area contributed by atoms with E-state index in [1.807, 2.05) is 0 Å². The Kier molecular flexibility index (Phi) is 14.8. The lowest BCUT2D eigenvalue weighted by molar-refractivity contribution is -0.415. The van der Waals surface area contributed by atoms with Crippen molar-refractivity contribution >= 4 is 0 Å². The van der Waals surface area contributed by atoms with E-state index in [2.05, 4.69) is 19.6 Å². The Balaban J connectivity index is 0. The fourth-order valence-corrected chi connectivity index (χ4v) is 1.45. The largest absolute Gasteiger partial charge is 1.00 e. The highest BCUT2D eigenvalue weighted by molar-refractivity contribution is 4.48. The standard InChI is InChI=1S/C11H25N.ClH/c1-3-4-5-6-7-8-9-10-11(2)12;/h11H,3-10,12H2,1-2H3;1H. The molecule has 0 saturated carbocycles. The van der Waals surface area contributed by atoms with Crippen LogP contribution < -0.4 is 18.1 Å². The molecule has 82 valence electrons. The Labute approximate surface area is 89.9 Å². The van der Waals surface area contributed by atoms with Crippen LogP contribution in [0.1, 0.15) is 65.2 Å². The van der Waals surface area contributed by atoms with Crippen LogP contribution in [0, 0.1) is 0 Å². The van der Waals surface area contributed by atoms with Gasteiger partial charge >= 0.3 is 0 Å². The van der Waals surface area contributed by atoms with Crippen molar-refractivity contribution < 1.29 is 18.1 Å². The molecule has 0 saturated heterocycles. The van der Waals surface area contributed by atoms with Crippen LogP contribution in [0.15, 0.2) is 0 Å². The smallest absolute Gasteiger partial charge is 0.0815 e. The number of hydrogen-bond acceptors (Lipinski definition) is 0. The summed E-state index contributed by atoms with van der Waals surface area (Å²) in [5, 5.41) is 0. The van der Waals surface area contributed by atoms with E-state index in [0.717, 1.165) is 0 Å². The van der Waals surface area contributed by atoms with Gasteiger partial charge in [0.25, 0.3) is 0 Å². The molecule has 0 aromatic carbocycles. The summed E-state index contributed by atoms with van der Waals surface area (Å²) >= 11 is 0. The minimum Gasteiger partial charge on any atom is -1.00 e. The lowest BCUT2D eigenvalue weighted by Gasteiger charge is -2.01. The zero-order valence-corrected chi connectivity index (χ0v) is 10.1. The summed E-state index contributed by atoms with van der Waals surface area (Å²) in [6.45, 7) is 4.47. The molecule has 0 rings (SSSR count). The van der Waals surface area contributed by atoms with Crippen molar-refractivity contribution in [3.05, 3.63) is 0 Å². The van der Waals surface area contributed by atoms with Crippen LogP contribution in [0.3, 0.4) is 0 Å². The Hall–Kier alpha value is 0.250. The van der Waals surface area contributed by atoms with E-state index in [1.165, 1.54) is 51.4 Å². The summed E-state index contributed by atoms with van der Waals surface area (Å²) < 4.78 is 0. The molecule has 0 heterocycles. The summed E-state index contributed by atoms with van der Waals surface area (Å²) in [4.78, 5) is 0. The maximum Gasteiger partial charge on any atom is 0.0815 e. The van der Waals surface area contributed by atoms with Gasteiger partial charge in [-0.25, -0.2) is 0 Å². The summed E-state index contributed by atoms with van der Waals surface area (Å²) in [6.07, 6.45) is 11.2. The van der Waals surface area contributed by atoms with Crippen LogP contribution >= 0.6 is 0 Å². The third kappa shape index (κ3) is 15.0. The lowest BCUT2D eigenvalue weighted by atomic mass is 10.1. The van der Waals surface area contributed by atoms with E-state index < -0.39 is 0 Å². The zero-order valence-electron chi connectivity index (χ0n) is 9.32. The fourth-order valence-electron chi connectivity index (χ4n) is 1.45. The molecule has 3 N–H and O–H groups in total. The van der Waals surface area contributed by atoms with E-state index in [4.69, 9.17) is 0 Å². The monoisotopic (exact) mass is 207 g/mol. The molecule has 0 amide bonds. The summed E-state index contributed by atoms with van der Waals surface area (Å²) in [6, 6.07) is 0.653. The molecule has 1 unspecified atom stereocenters. The van der Waals surface area contributed by atoms with Crippen LogP contribution in [-0.4, -0.2) is 6.04 Å². The Morgan fingerprint density at radius 3 is 1.85 bits per heavy atom. The molecular weight excluding hydrogens is 182 g/mol. The van der Waals surface area contributed by atoms with Crippen LogP contribution in [0.25, 0.3) is 0 Å². The highest BCUT2D eigenvalue weighted by Crippen LogP contribution is 2.08. The molecule has 0 aromatic rings. The van der Waals surface area contributed by atoms with Crippen LogP contribution in [0.2, 0.25) is 0 Å². The second-order valence-electron chi connectivity index (χ2n) is 4.02. The number of quaternary nitrogens is 1. The number of halogens is 1. The molecular formula is C11H26ClN. The molecule has 0 aliphatic carbocycles. The molecule has 0 bridgehead atoms. The number of hydrogen-bond donors (Lipinski definition) is 1. The van der Waals surface area contributed by atoms with Crippen molar-refractivity contribution in [1.82, 2.24) is 0 Å². The van der Waals surface area contributed by atoms with Gasteiger partial charge in [-0.1, -0.05) is 45.4 Å². The maximum absolute atomic E-state index is 3.99. The van der Waals surface area contributed by atoms with Gasteiger partial charge in [0.05, 0.1) is 6.04 Å². The summed E-state index contributed by atoms with van der Waals surface area (Å²) in [5.74, 6) is 0. The highest BCUT2D eigenvalue weighted by Gasteiger charge is 1.96. The first kappa shape index (κ1) is 15.7. The Morgan fingerprint density at radius 2 is 1.38 bits per heavy atom. The third-order valence-electron chi connectivity index (χ3n) is 2.30. The molecule has 0 radical (unpaired) electrons. The molecule has 0 spiro atoms. The van der Waals surface area contributed by atoms with Gasteiger partial charge in [-0.15, -0.1) is 0 Å². The van der Waals surface area contributed by atoms with Gasteiger partial charge in [-0.05, 0) is 19.8 Å². The van der Waals surface area contributed by atoms with Gasteiger partial charge in [-0.3, -0.25) is 0 Å². The SMILES string of the molecule is CCCCCCCCCC(C)[NH3+].[Cl-]. The van der Waals surface area contributed by atoms with Gasteiger partial charge in [-0.2, -0.15) is 0 Å². The maximum atomic E-state index is 3.99. The predicted molar refractivity (Wildman–Crippen MR) is 55.0 cm³/mol. The van der Waals surface area contributed by atoms with Crippen LogP contribution in [-0.2, 0) is 0 Å². The van der Waals surface area contributed by atoms with E-state index >= 15 is 0 Å². The first-order valence-corrected chi connectivity index (χ1v) is 5.60. The quantitative estimate of drug-likeness (QED) is 0.533. The molecule has 2 heteroatoms. The highest BCUT2D eigenvalue weighted by atomic mass is 35.5. The van der Waals surface area contributed by atoms with Crippen molar-refractivity contribution in [1.29, 1.82) is 0 Å². The molecule has 0 aliphatic heterocycles. The first-order chi connectivity index (χ1) is 5.77. The second kappa shape index (κ2) is 12.2. The van der Waals surface area contributed by atoms with E-state index in [1.54, 1.807) is 0 Å².